The third-order valence-corrected chi connectivity index (χ3v) is 12.3. The van der Waals surface area contributed by atoms with E-state index < -0.39 is 6.83 Å². The summed E-state index contributed by atoms with van der Waals surface area (Å²) in [4.78, 5) is 15.0. The van der Waals surface area contributed by atoms with Crippen molar-refractivity contribution in [1.82, 2.24) is 4.90 Å². The minimum atomic E-state index is -2.47. The number of unbranched alkanes of at least 4 members (excludes halogenated alkanes) is 4. The van der Waals surface area contributed by atoms with Gasteiger partial charge in [0.2, 0.25) is 0 Å². The summed E-state index contributed by atoms with van der Waals surface area (Å²) in [6.45, 7) is 8.54. The van der Waals surface area contributed by atoms with Crippen molar-refractivity contribution in [3.8, 4) is 0 Å². The molecule has 0 aliphatic carbocycles. The van der Waals surface area contributed by atoms with Gasteiger partial charge in [0.25, 0.3) is 0 Å². The van der Waals surface area contributed by atoms with Gasteiger partial charge in [-0.2, -0.15) is 0 Å². The van der Waals surface area contributed by atoms with Crippen molar-refractivity contribution < 1.29 is 9.32 Å². The number of rotatable bonds is 15. The van der Waals surface area contributed by atoms with Gasteiger partial charge in [0.15, 0.2) is 0 Å². The normalized spacial score (nSPS) is 15.0. The van der Waals surface area contributed by atoms with Crippen LogP contribution in [0.2, 0.25) is 0 Å². The van der Waals surface area contributed by atoms with Gasteiger partial charge in [0.1, 0.15) is 0 Å². The van der Waals surface area contributed by atoms with Crippen LogP contribution in [0.15, 0.2) is 0 Å². The van der Waals surface area contributed by atoms with E-state index in [2.05, 4.69) is 27.7 Å². The van der Waals surface area contributed by atoms with Crippen molar-refractivity contribution in [3.63, 3.8) is 0 Å². The van der Waals surface area contributed by atoms with Gasteiger partial charge in [-0.15, -0.1) is 0 Å². The Bertz CT molecular complexity index is 327. The van der Waals surface area contributed by atoms with Crippen LogP contribution in [0.5, 0.6) is 0 Å². The fourth-order valence-electron chi connectivity index (χ4n) is 3.63. The van der Waals surface area contributed by atoms with Crippen molar-refractivity contribution in [1.29, 1.82) is 0 Å². The van der Waals surface area contributed by atoms with E-state index in [4.69, 9.17) is 4.52 Å². The molecular weight excluding hydrogens is 329 g/mol. The molecular formula is C21H46NO2P. The van der Waals surface area contributed by atoms with Crippen molar-refractivity contribution in [3.05, 3.63) is 0 Å². The average Bonchev–Trinajstić information content (AvgIpc) is 2.61. The second-order valence-corrected chi connectivity index (χ2v) is 13.9. The van der Waals surface area contributed by atoms with E-state index >= 15 is 0 Å². The average molecular weight is 376 g/mol. The summed E-state index contributed by atoms with van der Waals surface area (Å²) in [6, 6.07) is -0.159. The summed E-state index contributed by atoms with van der Waals surface area (Å²) >= 11 is 0. The van der Waals surface area contributed by atoms with E-state index in [-0.39, 0.29) is 12.0 Å². The number of nitrogens with zero attached hydrogens (tertiary/aromatic N) is 1. The summed E-state index contributed by atoms with van der Waals surface area (Å²) in [5.74, 6) is 0.0158. The van der Waals surface area contributed by atoms with Gasteiger partial charge in [0, 0.05) is 0 Å². The molecule has 0 amide bonds. The SMILES string of the molecule is CCCCP(CCCC)(CCCC)(CCCC)OC(=O)C(C)N(C)C. The standard InChI is InChI=1S/C21H46NO2P/c1-8-12-16-25(17-13-9-2,18-14-10-3,19-15-11-4)24-21(23)20(5)22(6)7/h20H,8-19H2,1-7H3. The Hall–Kier alpha value is -0.140. The number of carbonyl (C=O) groups is 1. The molecule has 0 aliphatic rings. The summed E-state index contributed by atoms with van der Waals surface area (Å²) in [7, 11) is 3.94. The summed E-state index contributed by atoms with van der Waals surface area (Å²) in [5.41, 5.74) is 0. The molecule has 0 radical (unpaired) electrons. The quantitative estimate of drug-likeness (QED) is 0.322. The summed E-state index contributed by atoms with van der Waals surface area (Å²) < 4.78 is 6.71. The van der Waals surface area contributed by atoms with Crippen molar-refractivity contribution in [2.45, 2.75) is 92.0 Å². The van der Waals surface area contributed by atoms with Gasteiger partial charge < -0.3 is 0 Å². The zero-order chi connectivity index (χ0) is 19.4. The van der Waals surface area contributed by atoms with E-state index in [1.165, 1.54) is 51.4 Å². The molecule has 0 aromatic heterocycles. The number of carbonyl (C=O) groups excluding carboxylic acids is 1. The van der Waals surface area contributed by atoms with Crippen LogP contribution in [0.4, 0.5) is 0 Å². The molecule has 25 heavy (non-hydrogen) atoms. The molecule has 0 rings (SSSR count). The molecule has 0 fully saturated rings. The van der Waals surface area contributed by atoms with Gasteiger partial charge >= 0.3 is 158 Å². The monoisotopic (exact) mass is 375 g/mol. The zero-order valence-electron chi connectivity index (χ0n) is 18.3. The maximum atomic E-state index is 13.0. The van der Waals surface area contributed by atoms with Crippen molar-refractivity contribution in [2.75, 3.05) is 38.7 Å². The van der Waals surface area contributed by atoms with E-state index in [0.29, 0.717) is 0 Å². The van der Waals surface area contributed by atoms with Gasteiger partial charge in [-0.05, 0) is 0 Å². The van der Waals surface area contributed by atoms with Crippen LogP contribution in [0.3, 0.4) is 0 Å². The molecule has 152 valence electrons. The molecule has 4 heteroatoms. The van der Waals surface area contributed by atoms with E-state index in [1.54, 1.807) is 0 Å². The molecule has 0 spiro atoms. The molecule has 0 bridgehead atoms. The van der Waals surface area contributed by atoms with Crippen LogP contribution in [0.25, 0.3) is 0 Å². The van der Waals surface area contributed by atoms with E-state index in [1.807, 2.05) is 25.9 Å². The molecule has 0 aromatic carbocycles. The summed E-state index contributed by atoms with van der Waals surface area (Å²) in [6.07, 6.45) is 14.1. The molecule has 1 unspecified atom stereocenters. The number of likely N-dealkylation sites (N-methyl/N-ethyl adjacent to an activating group) is 1. The van der Waals surface area contributed by atoms with Crippen LogP contribution in [0, 0.1) is 0 Å². The molecule has 1 atom stereocenters. The van der Waals surface area contributed by atoms with Crippen LogP contribution in [0.1, 0.15) is 86.0 Å². The Labute approximate surface area is 158 Å². The first-order valence-corrected chi connectivity index (χ1v) is 13.6. The van der Waals surface area contributed by atoms with E-state index in [9.17, 15) is 4.79 Å². The van der Waals surface area contributed by atoms with Crippen LogP contribution in [-0.2, 0) is 9.32 Å². The first kappa shape index (κ1) is 24.9. The van der Waals surface area contributed by atoms with Gasteiger partial charge in [-0.1, -0.05) is 0 Å². The van der Waals surface area contributed by atoms with Gasteiger partial charge in [-0.3, -0.25) is 0 Å². The summed E-state index contributed by atoms with van der Waals surface area (Å²) in [5, 5.41) is 0. The third-order valence-electron chi connectivity index (χ3n) is 5.77. The number of hydrogen-bond acceptors (Lipinski definition) is 3. The maximum absolute atomic E-state index is 13.0. The predicted molar refractivity (Wildman–Crippen MR) is 115 cm³/mol. The Morgan fingerprint density at radius 3 is 1.36 bits per heavy atom. The van der Waals surface area contributed by atoms with Gasteiger partial charge in [0.05, 0.1) is 0 Å². The molecule has 0 saturated carbocycles. The van der Waals surface area contributed by atoms with Crippen LogP contribution >= 0.6 is 6.83 Å². The minimum absolute atomic E-state index is 0.0158. The molecule has 0 saturated heterocycles. The zero-order valence-corrected chi connectivity index (χ0v) is 19.2. The van der Waals surface area contributed by atoms with Gasteiger partial charge in [-0.25, -0.2) is 0 Å². The molecule has 0 heterocycles. The molecule has 0 aromatic rings. The molecule has 0 N–H and O–H groups in total. The second kappa shape index (κ2) is 12.3. The predicted octanol–water partition coefficient (Wildman–Crippen LogP) is 6.15. The Kier molecular flexibility index (Phi) is 12.2. The molecule has 3 nitrogen and oxygen atoms in total. The van der Waals surface area contributed by atoms with Crippen LogP contribution in [-0.4, -0.2) is 55.7 Å². The van der Waals surface area contributed by atoms with E-state index in [0.717, 1.165) is 24.6 Å². The first-order chi connectivity index (χ1) is 11.8. The Morgan fingerprint density at radius 1 is 0.800 bits per heavy atom. The fourth-order valence-corrected chi connectivity index (χ4v) is 10.5. The Morgan fingerprint density at radius 2 is 1.12 bits per heavy atom. The third kappa shape index (κ3) is 7.95. The number of hydrogen-bond donors (Lipinski definition) is 0. The topological polar surface area (TPSA) is 29.5 Å². The second-order valence-electron chi connectivity index (χ2n) is 8.22. The van der Waals surface area contributed by atoms with Crippen molar-refractivity contribution in [2.24, 2.45) is 0 Å². The van der Waals surface area contributed by atoms with Crippen molar-refractivity contribution >= 4 is 12.8 Å². The molecule has 0 aliphatic heterocycles. The first-order valence-electron chi connectivity index (χ1n) is 10.7. The Balaban J connectivity index is 5.84. The fraction of sp³-hybridized carbons (Fsp3) is 0.952. The van der Waals surface area contributed by atoms with Crippen LogP contribution < -0.4 is 0 Å².